The third kappa shape index (κ3) is 1.88. The number of halogens is 2. The highest BCUT2D eigenvalue weighted by Crippen LogP contribution is 2.29. The summed E-state index contributed by atoms with van der Waals surface area (Å²) in [5, 5.41) is 11.8. The summed E-state index contributed by atoms with van der Waals surface area (Å²) in [5.74, 6) is -0.372. The molecule has 0 fully saturated rings. The lowest BCUT2D eigenvalue weighted by atomic mass is 10.1. The van der Waals surface area contributed by atoms with Crippen LogP contribution in [0.4, 0.5) is 9.18 Å². The van der Waals surface area contributed by atoms with Crippen LogP contribution in [0.3, 0.4) is 0 Å². The van der Waals surface area contributed by atoms with Gasteiger partial charge in [-0.2, -0.15) is 0 Å². The van der Waals surface area contributed by atoms with Gasteiger partial charge in [-0.3, -0.25) is 4.90 Å². The number of nitrogens with one attached hydrogen (secondary N) is 1. The molecule has 1 amide bonds. The van der Waals surface area contributed by atoms with Crippen LogP contribution in [0.25, 0.3) is 0 Å². The second-order valence-corrected chi connectivity index (χ2v) is 4.09. The molecule has 1 unspecified atom stereocenters. The third-order valence-corrected chi connectivity index (χ3v) is 2.93. The molecule has 84 valence electrons. The van der Waals surface area contributed by atoms with E-state index in [2.05, 4.69) is 21.2 Å². The Labute approximate surface area is 99.5 Å². The van der Waals surface area contributed by atoms with E-state index >= 15 is 0 Å². The highest BCUT2D eigenvalue weighted by molar-refractivity contribution is 9.10. The highest BCUT2D eigenvalue weighted by atomic mass is 79.9. The zero-order valence-corrected chi connectivity index (χ0v) is 9.61. The number of hydrogen-bond donors (Lipinski definition) is 2. The van der Waals surface area contributed by atoms with Gasteiger partial charge in [0, 0.05) is 22.4 Å². The normalized spacial score (nSPS) is 18.6. The van der Waals surface area contributed by atoms with Crippen molar-refractivity contribution in [3.8, 4) is 0 Å². The first-order chi connectivity index (χ1) is 7.59. The molecular formula is C10H8BrFN2O2. The molecule has 2 rings (SSSR count). The Morgan fingerprint density at radius 3 is 2.94 bits per heavy atom. The van der Waals surface area contributed by atoms with E-state index in [0.29, 0.717) is 10.0 Å². The average molecular weight is 287 g/mol. The fraction of sp³-hybridized carbons (Fsp3) is 0.100. The quantitative estimate of drug-likeness (QED) is 0.835. The maximum Gasteiger partial charge on any atom is 0.413 e. The topological polar surface area (TPSA) is 52.6 Å². The number of carbonyl (C=O) groups is 1. The van der Waals surface area contributed by atoms with Gasteiger partial charge in [0.05, 0.1) is 0 Å². The molecule has 16 heavy (non-hydrogen) atoms. The van der Waals surface area contributed by atoms with Gasteiger partial charge in [0.2, 0.25) is 0 Å². The molecule has 0 aliphatic carbocycles. The molecular weight excluding hydrogens is 279 g/mol. The highest BCUT2D eigenvalue weighted by Gasteiger charge is 2.27. The molecule has 2 N–H and O–H groups in total. The van der Waals surface area contributed by atoms with Crippen LogP contribution < -0.4 is 5.32 Å². The number of amides is 1. The molecule has 1 atom stereocenters. The number of rotatable bonds is 1. The Balaban J connectivity index is 2.34. The zero-order chi connectivity index (χ0) is 11.7. The Hall–Kier alpha value is -1.56. The van der Waals surface area contributed by atoms with E-state index in [1.54, 1.807) is 6.07 Å². The zero-order valence-electron chi connectivity index (χ0n) is 8.02. The first kappa shape index (κ1) is 10.9. The van der Waals surface area contributed by atoms with Crippen molar-refractivity contribution in [2.24, 2.45) is 0 Å². The van der Waals surface area contributed by atoms with Crippen LogP contribution in [0, 0.1) is 5.82 Å². The van der Waals surface area contributed by atoms with E-state index in [4.69, 9.17) is 5.11 Å². The van der Waals surface area contributed by atoms with E-state index in [9.17, 15) is 9.18 Å². The molecule has 0 saturated carbocycles. The van der Waals surface area contributed by atoms with Crippen LogP contribution in [0.5, 0.6) is 0 Å². The Morgan fingerprint density at radius 1 is 1.56 bits per heavy atom. The van der Waals surface area contributed by atoms with E-state index in [0.717, 1.165) is 4.90 Å². The van der Waals surface area contributed by atoms with Gasteiger partial charge in [-0.15, -0.1) is 0 Å². The SMILES string of the molecule is O=C(O)N1C=CNC1c1ccc(F)cc1Br. The number of hydrogen-bond acceptors (Lipinski definition) is 2. The second-order valence-electron chi connectivity index (χ2n) is 3.24. The van der Waals surface area contributed by atoms with Crippen molar-refractivity contribution in [1.82, 2.24) is 10.2 Å². The summed E-state index contributed by atoms with van der Waals surface area (Å²) >= 11 is 3.21. The summed E-state index contributed by atoms with van der Waals surface area (Å²) in [4.78, 5) is 12.0. The maximum atomic E-state index is 12.9. The second kappa shape index (κ2) is 4.13. The molecule has 1 heterocycles. The van der Waals surface area contributed by atoms with Crippen molar-refractivity contribution in [3.05, 3.63) is 46.5 Å². The van der Waals surface area contributed by atoms with Gasteiger partial charge in [-0.05, 0) is 12.1 Å². The van der Waals surface area contributed by atoms with Crippen LogP contribution in [-0.2, 0) is 0 Å². The summed E-state index contributed by atoms with van der Waals surface area (Å²) in [5.41, 5.74) is 0.661. The Morgan fingerprint density at radius 2 is 2.31 bits per heavy atom. The molecule has 6 heteroatoms. The predicted molar refractivity (Wildman–Crippen MR) is 59.0 cm³/mol. The van der Waals surface area contributed by atoms with Gasteiger partial charge >= 0.3 is 6.09 Å². The van der Waals surface area contributed by atoms with Crippen molar-refractivity contribution in [1.29, 1.82) is 0 Å². The molecule has 0 spiro atoms. The van der Waals surface area contributed by atoms with Crippen LogP contribution in [0.2, 0.25) is 0 Å². The molecule has 1 aromatic rings. The van der Waals surface area contributed by atoms with Gasteiger partial charge in [0.1, 0.15) is 12.0 Å². The van der Waals surface area contributed by atoms with Gasteiger partial charge in [0.15, 0.2) is 0 Å². The van der Waals surface area contributed by atoms with Crippen molar-refractivity contribution in [2.75, 3.05) is 0 Å². The molecule has 0 aromatic heterocycles. The van der Waals surface area contributed by atoms with Gasteiger partial charge in [-0.1, -0.05) is 22.0 Å². The summed E-state index contributed by atoms with van der Waals surface area (Å²) < 4.78 is 13.4. The van der Waals surface area contributed by atoms with Gasteiger partial charge in [-0.25, -0.2) is 9.18 Å². The first-order valence-electron chi connectivity index (χ1n) is 4.48. The fourth-order valence-corrected chi connectivity index (χ4v) is 2.09. The minimum atomic E-state index is -1.07. The molecule has 0 bridgehead atoms. The van der Waals surface area contributed by atoms with Gasteiger partial charge < -0.3 is 10.4 Å². The van der Waals surface area contributed by atoms with E-state index in [1.807, 2.05) is 0 Å². The maximum absolute atomic E-state index is 12.9. The molecule has 0 radical (unpaired) electrons. The lowest BCUT2D eigenvalue weighted by molar-refractivity contribution is 0.149. The monoisotopic (exact) mass is 286 g/mol. The number of nitrogens with zero attached hydrogens (tertiary/aromatic N) is 1. The van der Waals surface area contributed by atoms with E-state index in [-0.39, 0.29) is 5.82 Å². The lowest BCUT2D eigenvalue weighted by Gasteiger charge is -2.22. The molecule has 1 aliphatic rings. The smallest absolute Gasteiger partial charge is 0.413 e. The Bertz CT molecular complexity index is 464. The third-order valence-electron chi connectivity index (χ3n) is 2.25. The van der Waals surface area contributed by atoms with Crippen molar-refractivity contribution in [2.45, 2.75) is 6.17 Å². The van der Waals surface area contributed by atoms with E-state index in [1.165, 1.54) is 24.5 Å². The predicted octanol–water partition coefficient (Wildman–Crippen LogP) is 2.64. The first-order valence-corrected chi connectivity index (χ1v) is 5.28. The van der Waals surface area contributed by atoms with Crippen LogP contribution in [0.1, 0.15) is 11.7 Å². The molecule has 1 aliphatic heterocycles. The molecule has 1 aromatic carbocycles. The van der Waals surface area contributed by atoms with Crippen molar-refractivity contribution in [3.63, 3.8) is 0 Å². The summed E-state index contributed by atoms with van der Waals surface area (Å²) in [6.45, 7) is 0. The van der Waals surface area contributed by atoms with E-state index < -0.39 is 12.3 Å². The van der Waals surface area contributed by atoms with Gasteiger partial charge in [0.25, 0.3) is 0 Å². The standard InChI is InChI=1S/C10H8BrFN2O2/c11-8-5-6(12)1-2-7(8)9-13-3-4-14(9)10(15)16/h1-5,9,13H,(H,15,16). The lowest BCUT2D eigenvalue weighted by Crippen LogP contribution is -2.31. The Kier molecular flexibility index (Phi) is 2.82. The minimum Gasteiger partial charge on any atom is -0.465 e. The van der Waals surface area contributed by atoms with Crippen molar-refractivity contribution < 1.29 is 14.3 Å². The van der Waals surface area contributed by atoms with Crippen molar-refractivity contribution >= 4 is 22.0 Å². The summed E-state index contributed by atoms with van der Waals surface area (Å²) in [6.07, 6.45) is 1.37. The average Bonchev–Trinajstić information content (AvgIpc) is 2.66. The number of benzene rings is 1. The molecule has 4 nitrogen and oxygen atoms in total. The summed E-state index contributed by atoms with van der Waals surface area (Å²) in [7, 11) is 0. The number of carboxylic acid groups (broad SMARTS) is 1. The minimum absolute atomic E-state index is 0.372. The fourth-order valence-electron chi connectivity index (χ4n) is 1.52. The van der Waals surface area contributed by atoms with Crippen LogP contribution in [-0.4, -0.2) is 16.1 Å². The van der Waals surface area contributed by atoms with Crippen LogP contribution >= 0.6 is 15.9 Å². The van der Waals surface area contributed by atoms with Crippen LogP contribution in [0.15, 0.2) is 35.1 Å². The molecule has 0 saturated heterocycles. The summed E-state index contributed by atoms with van der Waals surface area (Å²) in [6, 6.07) is 4.13. The largest absolute Gasteiger partial charge is 0.465 e.